The van der Waals surface area contributed by atoms with Crippen LogP contribution in [-0.4, -0.2) is 22.6 Å². The van der Waals surface area contributed by atoms with Crippen LogP contribution in [0.25, 0.3) is 5.73 Å². The third-order valence-corrected chi connectivity index (χ3v) is 2.94. The van der Waals surface area contributed by atoms with Gasteiger partial charge >= 0.3 is 5.97 Å². The topological polar surface area (TPSA) is 76.4 Å². The largest absolute Gasteiger partial charge is 0.665 e. The lowest BCUT2D eigenvalue weighted by Gasteiger charge is -2.21. The minimum atomic E-state index is -0.895. The summed E-state index contributed by atoms with van der Waals surface area (Å²) in [6, 6.07) is 5.72. The van der Waals surface area contributed by atoms with Gasteiger partial charge in [-0.3, -0.25) is 9.59 Å². The van der Waals surface area contributed by atoms with E-state index in [1.807, 2.05) is 22.6 Å². The number of hydrogen-bond acceptors (Lipinski definition) is 4. The highest BCUT2D eigenvalue weighted by Gasteiger charge is 2.13. The first-order valence-corrected chi connectivity index (χ1v) is 7.70. The fourth-order valence-corrected chi connectivity index (χ4v) is 1.75. The molecule has 0 aliphatic carbocycles. The van der Waals surface area contributed by atoms with E-state index in [4.69, 9.17) is 15.2 Å². The lowest BCUT2D eigenvalue weighted by molar-refractivity contribution is -0.140. The molecule has 5 nitrogen and oxygen atoms in total. The molecule has 0 amide bonds. The van der Waals surface area contributed by atoms with Crippen molar-refractivity contribution in [3.05, 3.63) is 35.6 Å². The molecule has 1 aromatic carbocycles. The van der Waals surface area contributed by atoms with Crippen molar-refractivity contribution in [2.24, 2.45) is 5.92 Å². The van der Waals surface area contributed by atoms with Gasteiger partial charge in [-0.05, 0) is 46.3 Å². The van der Waals surface area contributed by atoms with E-state index in [9.17, 15) is 9.59 Å². The third kappa shape index (κ3) is 5.46. The van der Waals surface area contributed by atoms with Crippen LogP contribution >= 0.6 is 22.6 Å². The van der Waals surface area contributed by atoms with Crippen LogP contribution in [0.5, 0.6) is 5.75 Å². The van der Waals surface area contributed by atoms with Crippen LogP contribution < -0.4 is 4.74 Å². The zero-order valence-electron chi connectivity index (χ0n) is 11.4. The van der Waals surface area contributed by atoms with Crippen LogP contribution in [0, 0.1) is 5.92 Å². The van der Waals surface area contributed by atoms with Gasteiger partial charge in [-0.25, -0.2) is 0 Å². The van der Waals surface area contributed by atoms with Crippen molar-refractivity contribution in [3.63, 3.8) is 0 Å². The average molecular weight is 390 g/mol. The molecule has 1 N–H and O–H groups in total. The van der Waals surface area contributed by atoms with Crippen LogP contribution in [0.4, 0.5) is 0 Å². The number of nitrogens with one attached hydrogen (secondary N) is 1. The molecule has 1 unspecified atom stereocenters. The standard InChI is InChI=1S/C14H17INO4/c1-9(2)13(16)14(18)20-11-5-3-10(4-6-11)7-12(17)19-8-15/h3-6,9,13,16H,7-8H2,1-2H3/q-1. The Kier molecular flexibility index (Phi) is 6.94. The molecule has 0 spiro atoms. The minimum absolute atomic E-state index is 0.0928. The summed E-state index contributed by atoms with van der Waals surface area (Å²) in [6.07, 6.45) is 0.185. The summed E-state index contributed by atoms with van der Waals surface area (Å²) in [4.78, 5) is 22.9. The number of halogens is 1. The summed E-state index contributed by atoms with van der Waals surface area (Å²) in [5.41, 5.74) is 8.41. The van der Waals surface area contributed by atoms with E-state index in [0.29, 0.717) is 10.4 Å². The van der Waals surface area contributed by atoms with Crippen LogP contribution in [-0.2, 0) is 20.7 Å². The van der Waals surface area contributed by atoms with Gasteiger partial charge in [0.15, 0.2) is 0 Å². The van der Waals surface area contributed by atoms with Gasteiger partial charge in [0.05, 0.1) is 6.42 Å². The Labute approximate surface area is 132 Å². The number of ether oxygens (including phenoxy) is 2. The van der Waals surface area contributed by atoms with Crippen molar-refractivity contribution in [3.8, 4) is 5.75 Å². The van der Waals surface area contributed by atoms with Gasteiger partial charge in [-0.15, -0.1) is 0 Å². The van der Waals surface area contributed by atoms with Gasteiger partial charge in [0.25, 0.3) is 5.97 Å². The monoisotopic (exact) mass is 390 g/mol. The van der Waals surface area contributed by atoms with Crippen molar-refractivity contribution >= 4 is 34.5 Å². The summed E-state index contributed by atoms with van der Waals surface area (Å²) in [7, 11) is 0. The van der Waals surface area contributed by atoms with Crippen molar-refractivity contribution in [2.75, 3.05) is 4.61 Å². The summed E-state index contributed by atoms with van der Waals surface area (Å²) in [5.74, 6) is -0.587. The van der Waals surface area contributed by atoms with Crippen LogP contribution in [0.1, 0.15) is 19.4 Å². The molecular formula is C14H17INO4-. The second-order valence-electron chi connectivity index (χ2n) is 4.59. The maximum absolute atomic E-state index is 11.6. The Balaban J connectivity index is 2.58. The number of esters is 2. The molecule has 1 aromatic rings. The molecule has 0 saturated heterocycles. The SMILES string of the molecule is CC(C)C([NH-])C(=O)Oc1ccc(CC(=O)OCI)cc1. The van der Waals surface area contributed by atoms with E-state index in [0.717, 1.165) is 5.56 Å². The maximum Gasteiger partial charge on any atom is 0.311 e. The van der Waals surface area contributed by atoms with Crippen LogP contribution in [0.15, 0.2) is 24.3 Å². The molecule has 0 aliphatic heterocycles. The van der Waals surface area contributed by atoms with Crippen molar-refractivity contribution in [2.45, 2.75) is 26.3 Å². The molecule has 1 atom stereocenters. The third-order valence-electron chi connectivity index (χ3n) is 2.63. The first kappa shape index (κ1) is 16.9. The Morgan fingerprint density at radius 3 is 2.35 bits per heavy atom. The Bertz CT molecular complexity index is 459. The predicted octanol–water partition coefficient (Wildman–Crippen LogP) is 3.15. The molecule has 1 rings (SSSR count). The minimum Gasteiger partial charge on any atom is -0.665 e. The van der Waals surface area contributed by atoms with Gasteiger partial charge in [0.1, 0.15) is 10.4 Å². The zero-order chi connectivity index (χ0) is 15.1. The number of rotatable bonds is 6. The molecule has 6 heteroatoms. The van der Waals surface area contributed by atoms with E-state index in [1.54, 1.807) is 38.1 Å². The van der Waals surface area contributed by atoms with Crippen molar-refractivity contribution in [1.29, 1.82) is 0 Å². The maximum atomic E-state index is 11.6. The van der Waals surface area contributed by atoms with E-state index in [2.05, 4.69) is 0 Å². The normalized spacial score (nSPS) is 12.1. The smallest absolute Gasteiger partial charge is 0.311 e. The number of hydrogen-bond donors (Lipinski definition) is 0. The first-order valence-electron chi connectivity index (χ1n) is 6.17. The quantitative estimate of drug-likeness (QED) is 0.324. The fourth-order valence-electron chi connectivity index (χ4n) is 1.41. The van der Waals surface area contributed by atoms with Crippen molar-refractivity contribution < 1.29 is 19.1 Å². The van der Waals surface area contributed by atoms with Gasteiger partial charge < -0.3 is 15.2 Å². The molecule has 110 valence electrons. The molecule has 0 radical (unpaired) electrons. The Morgan fingerprint density at radius 2 is 1.85 bits per heavy atom. The lowest BCUT2D eigenvalue weighted by atomic mass is 10.1. The van der Waals surface area contributed by atoms with Gasteiger partial charge in [0, 0.05) is 0 Å². The average Bonchev–Trinajstić information content (AvgIpc) is 2.40. The van der Waals surface area contributed by atoms with Crippen LogP contribution in [0.3, 0.4) is 0 Å². The molecule has 0 aliphatic rings. The highest BCUT2D eigenvalue weighted by molar-refractivity contribution is 14.1. The van der Waals surface area contributed by atoms with E-state index in [1.165, 1.54) is 0 Å². The van der Waals surface area contributed by atoms with Gasteiger partial charge in [-0.2, -0.15) is 0 Å². The molecule has 0 aromatic heterocycles. The van der Waals surface area contributed by atoms with Gasteiger partial charge in [-0.1, -0.05) is 31.9 Å². The Hall–Kier alpha value is -1.15. The summed E-state index contributed by atoms with van der Waals surface area (Å²) >= 11 is 1.96. The molecular weight excluding hydrogens is 373 g/mol. The summed E-state index contributed by atoms with van der Waals surface area (Å²) in [5, 5.41) is 0. The van der Waals surface area contributed by atoms with Crippen molar-refractivity contribution in [1.82, 2.24) is 0 Å². The summed E-state index contributed by atoms with van der Waals surface area (Å²) in [6.45, 7) is 3.58. The lowest BCUT2D eigenvalue weighted by Crippen LogP contribution is -2.26. The second kappa shape index (κ2) is 8.21. The molecule has 0 heterocycles. The molecule has 0 fully saturated rings. The molecule has 0 bridgehead atoms. The number of carbonyl (C=O) groups excluding carboxylic acids is 2. The number of carbonyl (C=O) groups is 2. The number of benzene rings is 1. The number of alkyl halides is 1. The molecule has 0 saturated carbocycles. The predicted molar refractivity (Wildman–Crippen MR) is 83.7 cm³/mol. The van der Waals surface area contributed by atoms with Gasteiger partial charge in [0.2, 0.25) is 0 Å². The van der Waals surface area contributed by atoms with E-state index >= 15 is 0 Å². The molecule has 20 heavy (non-hydrogen) atoms. The van der Waals surface area contributed by atoms with Crippen LogP contribution in [0.2, 0.25) is 0 Å². The highest BCUT2D eigenvalue weighted by Crippen LogP contribution is 2.16. The zero-order valence-corrected chi connectivity index (χ0v) is 13.5. The highest BCUT2D eigenvalue weighted by atomic mass is 127. The van der Waals surface area contributed by atoms with E-state index < -0.39 is 12.0 Å². The second-order valence-corrected chi connectivity index (χ2v) is 5.21. The van der Waals surface area contributed by atoms with E-state index in [-0.39, 0.29) is 18.3 Å². The Morgan fingerprint density at radius 1 is 1.25 bits per heavy atom. The first-order chi connectivity index (χ1) is 9.43. The summed E-state index contributed by atoms with van der Waals surface area (Å²) < 4.78 is 10.3. The fraction of sp³-hybridized carbons (Fsp3) is 0.429.